The summed E-state index contributed by atoms with van der Waals surface area (Å²) in [5.41, 5.74) is -2.41. The number of carbonyl (C=O) groups excluding carboxylic acids is 1. The van der Waals surface area contributed by atoms with Gasteiger partial charge in [-0.15, -0.1) is 0 Å². The summed E-state index contributed by atoms with van der Waals surface area (Å²) in [7, 11) is 0. The van der Waals surface area contributed by atoms with E-state index in [0.717, 1.165) is 18.3 Å². The second-order valence-corrected chi connectivity index (χ2v) is 5.83. The van der Waals surface area contributed by atoms with Gasteiger partial charge in [0, 0.05) is 17.8 Å². The Morgan fingerprint density at radius 2 is 1.72 bits per heavy atom. The van der Waals surface area contributed by atoms with Gasteiger partial charge in [0.05, 0.1) is 17.7 Å². The zero-order chi connectivity index (χ0) is 21.2. The van der Waals surface area contributed by atoms with E-state index in [1.165, 1.54) is 24.3 Å². The number of nitrogens with one attached hydrogen (secondary N) is 1. The second-order valence-electron chi connectivity index (χ2n) is 5.83. The molecule has 0 radical (unpaired) electrons. The maximum Gasteiger partial charge on any atom is 0.433 e. The molecule has 0 unspecified atom stereocenters. The zero-order valence-electron chi connectivity index (χ0n) is 14.3. The standard InChI is InChI=1S/C18H11F6N3O2/c19-17(20,21)13-4-2-1-3-12(13)14-7-11(29-27-14)9-26-16(28)10-5-6-15(25-8-10)18(22,23)24/h1-8H,9H2,(H,26,28). The summed E-state index contributed by atoms with van der Waals surface area (Å²) in [4.78, 5) is 15.2. The van der Waals surface area contributed by atoms with E-state index < -0.39 is 29.5 Å². The van der Waals surface area contributed by atoms with Crippen LogP contribution in [-0.4, -0.2) is 16.0 Å². The monoisotopic (exact) mass is 415 g/mol. The quantitative estimate of drug-likeness (QED) is 0.627. The predicted molar refractivity (Wildman–Crippen MR) is 87.4 cm³/mol. The molecule has 3 aromatic rings. The van der Waals surface area contributed by atoms with Crippen LogP contribution in [0.1, 0.15) is 27.4 Å². The molecule has 1 amide bonds. The number of alkyl halides is 6. The predicted octanol–water partition coefficient (Wildman–Crippen LogP) is 4.70. The third kappa shape index (κ3) is 4.73. The van der Waals surface area contributed by atoms with Gasteiger partial charge >= 0.3 is 12.4 Å². The topological polar surface area (TPSA) is 68.0 Å². The fourth-order valence-electron chi connectivity index (χ4n) is 2.44. The average molecular weight is 415 g/mol. The van der Waals surface area contributed by atoms with E-state index in [1.54, 1.807) is 0 Å². The summed E-state index contributed by atoms with van der Waals surface area (Å²) in [5.74, 6) is -0.676. The summed E-state index contributed by atoms with van der Waals surface area (Å²) < 4.78 is 81.7. The molecule has 0 spiro atoms. The normalized spacial score (nSPS) is 12.1. The highest BCUT2D eigenvalue weighted by Gasteiger charge is 2.34. The second kappa shape index (κ2) is 7.57. The van der Waals surface area contributed by atoms with Crippen LogP contribution in [-0.2, 0) is 18.9 Å². The molecule has 0 atom stereocenters. The van der Waals surface area contributed by atoms with Crippen LogP contribution in [0.5, 0.6) is 0 Å². The average Bonchev–Trinajstić information content (AvgIpc) is 3.14. The van der Waals surface area contributed by atoms with Crippen molar-refractivity contribution in [3.8, 4) is 11.3 Å². The first-order valence-corrected chi connectivity index (χ1v) is 7.99. The van der Waals surface area contributed by atoms with E-state index in [0.29, 0.717) is 6.07 Å². The lowest BCUT2D eigenvalue weighted by Crippen LogP contribution is -2.23. The van der Waals surface area contributed by atoms with Crippen LogP contribution in [0.3, 0.4) is 0 Å². The number of halogens is 6. The lowest BCUT2D eigenvalue weighted by molar-refractivity contribution is -0.141. The van der Waals surface area contributed by atoms with Crippen LogP contribution < -0.4 is 5.32 Å². The Bertz CT molecular complexity index is 1010. The van der Waals surface area contributed by atoms with Crippen LogP contribution >= 0.6 is 0 Å². The van der Waals surface area contributed by atoms with E-state index in [1.807, 2.05) is 0 Å². The Labute approximate surface area is 159 Å². The molecule has 1 N–H and O–H groups in total. The molecule has 2 aromatic heterocycles. The Morgan fingerprint density at radius 3 is 2.34 bits per heavy atom. The number of rotatable bonds is 4. The smallest absolute Gasteiger partial charge is 0.359 e. The van der Waals surface area contributed by atoms with Gasteiger partial charge in [0.1, 0.15) is 11.4 Å². The van der Waals surface area contributed by atoms with Crippen LogP contribution in [0.15, 0.2) is 53.2 Å². The molecule has 11 heteroatoms. The summed E-state index contributed by atoms with van der Waals surface area (Å²) >= 11 is 0. The number of amides is 1. The Kier molecular flexibility index (Phi) is 5.31. The van der Waals surface area contributed by atoms with Crippen molar-refractivity contribution >= 4 is 5.91 Å². The maximum absolute atomic E-state index is 13.1. The van der Waals surface area contributed by atoms with Crippen molar-refractivity contribution in [3.05, 3.63) is 71.2 Å². The number of hydrogen-bond acceptors (Lipinski definition) is 4. The van der Waals surface area contributed by atoms with Crippen LogP contribution in [0.2, 0.25) is 0 Å². The van der Waals surface area contributed by atoms with Gasteiger partial charge < -0.3 is 9.84 Å². The van der Waals surface area contributed by atoms with Crippen molar-refractivity contribution in [3.63, 3.8) is 0 Å². The minimum atomic E-state index is -4.63. The number of benzene rings is 1. The molecule has 0 saturated heterocycles. The SMILES string of the molecule is O=C(NCc1cc(-c2ccccc2C(F)(F)F)no1)c1ccc(C(F)(F)F)nc1. The van der Waals surface area contributed by atoms with Gasteiger partial charge in [-0.2, -0.15) is 26.3 Å². The van der Waals surface area contributed by atoms with Crippen molar-refractivity contribution in [1.29, 1.82) is 0 Å². The molecule has 5 nitrogen and oxygen atoms in total. The number of aromatic nitrogens is 2. The third-order valence-electron chi connectivity index (χ3n) is 3.81. The first-order valence-electron chi connectivity index (χ1n) is 7.99. The summed E-state index contributed by atoms with van der Waals surface area (Å²) in [5, 5.41) is 5.95. The van der Waals surface area contributed by atoms with Crippen LogP contribution in [0.4, 0.5) is 26.3 Å². The minimum absolute atomic E-state index is 0.0604. The van der Waals surface area contributed by atoms with E-state index in [9.17, 15) is 31.1 Å². The van der Waals surface area contributed by atoms with E-state index >= 15 is 0 Å². The zero-order valence-corrected chi connectivity index (χ0v) is 14.3. The number of nitrogens with zero attached hydrogens (tertiary/aromatic N) is 2. The van der Waals surface area contributed by atoms with Crippen LogP contribution in [0, 0.1) is 0 Å². The van der Waals surface area contributed by atoms with Gasteiger partial charge in [0.25, 0.3) is 5.91 Å². The first-order chi connectivity index (χ1) is 13.6. The molecule has 0 saturated carbocycles. The molecule has 0 fully saturated rings. The molecule has 3 rings (SSSR count). The number of pyridine rings is 1. The summed E-state index contributed by atoms with van der Waals surface area (Å²) in [6, 6.07) is 7.64. The molecule has 0 aliphatic heterocycles. The first kappa shape index (κ1) is 20.4. The van der Waals surface area contributed by atoms with Gasteiger partial charge in [-0.25, -0.2) is 0 Å². The summed E-state index contributed by atoms with van der Waals surface area (Å²) in [6.07, 6.45) is -8.44. The van der Waals surface area contributed by atoms with Crippen molar-refractivity contribution in [2.24, 2.45) is 0 Å². The van der Waals surface area contributed by atoms with Gasteiger partial charge in [0.15, 0.2) is 5.76 Å². The molecule has 29 heavy (non-hydrogen) atoms. The fraction of sp³-hybridized carbons (Fsp3) is 0.167. The maximum atomic E-state index is 13.1. The van der Waals surface area contributed by atoms with Gasteiger partial charge in [0.2, 0.25) is 0 Å². The molecule has 0 aliphatic carbocycles. The van der Waals surface area contributed by atoms with Gasteiger partial charge in [-0.05, 0) is 18.2 Å². The van der Waals surface area contributed by atoms with E-state index in [2.05, 4.69) is 15.5 Å². The van der Waals surface area contributed by atoms with E-state index in [-0.39, 0.29) is 29.1 Å². The van der Waals surface area contributed by atoms with Crippen molar-refractivity contribution in [2.75, 3.05) is 0 Å². The fourth-order valence-corrected chi connectivity index (χ4v) is 2.44. The van der Waals surface area contributed by atoms with E-state index in [4.69, 9.17) is 4.52 Å². The highest BCUT2D eigenvalue weighted by atomic mass is 19.4. The largest absolute Gasteiger partial charge is 0.433 e. The van der Waals surface area contributed by atoms with Crippen molar-refractivity contribution < 1.29 is 35.7 Å². The van der Waals surface area contributed by atoms with Crippen molar-refractivity contribution in [2.45, 2.75) is 18.9 Å². The Morgan fingerprint density at radius 1 is 1.00 bits per heavy atom. The Balaban J connectivity index is 1.69. The minimum Gasteiger partial charge on any atom is -0.359 e. The van der Waals surface area contributed by atoms with Gasteiger partial charge in [-0.3, -0.25) is 9.78 Å². The van der Waals surface area contributed by atoms with Gasteiger partial charge in [-0.1, -0.05) is 23.4 Å². The molecule has 152 valence electrons. The molecule has 2 heterocycles. The highest BCUT2D eigenvalue weighted by molar-refractivity contribution is 5.93. The summed E-state index contributed by atoms with van der Waals surface area (Å²) in [6.45, 7) is -0.235. The number of hydrogen-bond donors (Lipinski definition) is 1. The molecule has 0 bridgehead atoms. The van der Waals surface area contributed by atoms with Crippen molar-refractivity contribution in [1.82, 2.24) is 15.5 Å². The van der Waals surface area contributed by atoms with Crippen LogP contribution in [0.25, 0.3) is 11.3 Å². The molecular weight excluding hydrogens is 404 g/mol. The molecule has 1 aromatic carbocycles. The molecular formula is C18H11F6N3O2. The molecule has 0 aliphatic rings. The third-order valence-corrected chi connectivity index (χ3v) is 3.81. The number of carbonyl (C=O) groups is 1. The lowest BCUT2D eigenvalue weighted by atomic mass is 10.0. The Hall–Kier alpha value is -3.37. The lowest BCUT2D eigenvalue weighted by Gasteiger charge is -2.10. The highest BCUT2D eigenvalue weighted by Crippen LogP contribution is 2.36.